The number of carbonyl (C=O) groups excluding carboxylic acids is 1. The number of aryl methyl sites for hydroxylation is 2. The lowest BCUT2D eigenvalue weighted by atomic mass is 10.1. The highest BCUT2D eigenvalue weighted by Gasteiger charge is 2.14. The molecule has 22 heavy (non-hydrogen) atoms. The zero-order valence-electron chi connectivity index (χ0n) is 12.2. The number of benzene rings is 2. The van der Waals surface area contributed by atoms with E-state index in [2.05, 4.69) is 5.32 Å². The smallest absolute Gasteiger partial charge is 0.231 e. The third kappa shape index (κ3) is 3.34. The van der Waals surface area contributed by atoms with Crippen molar-refractivity contribution in [2.75, 3.05) is 12.1 Å². The van der Waals surface area contributed by atoms with Crippen LogP contribution in [-0.2, 0) is 11.2 Å². The van der Waals surface area contributed by atoms with Crippen molar-refractivity contribution < 1.29 is 14.3 Å². The largest absolute Gasteiger partial charge is 0.454 e. The third-order valence-electron chi connectivity index (χ3n) is 3.53. The molecule has 0 saturated carbocycles. The molecule has 2 aromatic rings. The molecular formula is C17H16ClNO3. The molecule has 0 aliphatic carbocycles. The van der Waals surface area contributed by atoms with E-state index in [9.17, 15) is 4.79 Å². The summed E-state index contributed by atoms with van der Waals surface area (Å²) in [4.78, 5) is 12.0. The number of hydrogen-bond acceptors (Lipinski definition) is 3. The summed E-state index contributed by atoms with van der Waals surface area (Å²) in [6, 6.07) is 11.2. The number of carbonyl (C=O) groups is 1. The van der Waals surface area contributed by atoms with Gasteiger partial charge in [-0.05, 0) is 42.7 Å². The predicted octanol–water partition coefficient (Wildman–Crippen LogP) is 3.95. The van der Waals surface area contributed by atoms with Crippen LogP contribution >= 0.6 is 11.6 Å². The molecule has 1 aliphatic heterocycles. The highest BCUT2D eigenvalue weighted by Crippen LogP contribution is 2.34. The fourth-order valence-corrected chi connectivity index (χ4v) is 2.45. The number of ether oxygens (including phenoxy) is 2. The summed E-state index contributed by atoms with van der Waals surface area (Å²) >= 11 is 6.09. The molecule has 0 atom stereocenters. The van der Waals surface area contributed by atoms with Crippen LogP contribution in [0.5, 0.6) is 11.5 Å². The van der Waals surface area contributed by atoms with Gasteiger partial charge in [0.25, 0.3) is 0 Å². The first-order chi connectivity index (χ1) is 10.6. The molecule has 1 amide bonds. The first-order valence-corrected chi connectivity index (χ1v) is 7.44. The van der Waals surface area contributed by atoms with Crippen molar-refractivity contribution in [3.05, 3.63) is 52.5 Å². The second-order valence-corrected chi connectivity index (χ2v) is 5.61. The number of anilines is 1. The van der Waals surface area contributed by atoms with Crippen molar-refractivity contribution in [2.24, 2.45) is 0 Å². The van der Waals surface area contributed by atoms with Gasteiger partial charge in [0.15, 0.2) is 11.5 Å². The van der Waals surface area contributed by atoms with E-state index in [4.69, 9.17) is 21.1 Å². The predicted molar refractivity (Wildman–Crippen MR) is 85.7 cm³/mol. The maximum Gasteiger partial charge on any atom is 0.231 e. The van der Waals surface area contributed by atoms with Crippen LogP contribution in [0.4, 0.5) is 5.69 Å². The molecule has 4 nitrogen and oxygen atoms in total. The van der Waals surface area contributed by atoms with Crippen molar-refractivity contribution in [3.63, 3.8) is 0 Å². The minimum absolute atomic E-state index is 0.0458. The molecule has 114 valence electrons. The molecule has 0 radical (unpaired) electrons. The summed E-state index contributed by atoms with van der Waals surface area (Å²) < 4.78 is 10.5. The molecule has 1 N–H and O–H groups in total. The number of fused-ring (bicyclic) bond motifs is 1. The summed E-state index contributed by atoms with van der Waals surface area (Å²) in [5.74, 6) is 1.31. The molecule has 5 heteroatoms. The summed E-state index contributed by atoms with van der Waals surface area (Å²) in [6.45, 7) is 2.18. The number of hydrogen-bond donors (Lipinski definition) is 1. The van der Waals surface area contributed by atoms with Crippen molar-refractivity contribution in [2.45, 2.75) is 19.8 Å². The second-order valence-electron chi connectivity index (χ2n) is 5.20. The number of nitrogens with one attached hydrogen (secondary N) is 1. The lowest BCUT2D eigenvalue weighted by Crippen LogP contribution is -2.12. The van der Waals surface area contributed by atoms with Crippen molar-refractivity contribution in [1.82, 2.24) is 0 Å². The minimum atomic E-state index is -0.0458. The average Bonchev–Trinajstić information content (AvgIpc) is 2.96. The van der Waals surface area contributed by atoms with Crippen molar-refractivity contribution >= 4 is 23.2 Å². The van der Waals surface area contributed by atoms with E-state index in [1.54, 1.807) is 18.2 Å². The Morgan fingerprint density at radius 1 is 1.18 bits per heavy atom. The maximum absolute atomic E-state index is 12.0. The van der Waals surface area contributed by atoms with Crippen molar-refractivity contribution in [3.8, 4) is 11.5 Å². The Labute approximate surface area is 134 Å². The standard InChI is InChI=1S/C17H16ClNO3/c1-11-2-3-12(8-14(11)18)4-7-17(20)19-13-5-6-15-16(9-13)22-10-21-15/h2-3,5-6,8-9H,4,7,10H2,1H3,(H,19,20). The minimum Gasteiger partial charge on any atom is -0.454 e. The Morgan fingerprint density at radius 2 is 2.00 bits per heavy atom. The quantitative estimate of drug-likeness (QED) is 0.929. The highest BCUT2D eigenvalue weighted by molar-refractivity contribution is 6.31. The van der Waals surface area contributed by atoms with Gasteiger partial charge in [-0.15, -0.1) is 0 Å². The van der Waals surface area contributed by atoms with Gasteiger partial charge in [-0.25, -0.2) is 0 Å². The molecule has 1 aliphatic rings. The summed E-state index contributed by atoms with van der Waals surface area (Å²) in [5, 5.41) is 3.59. The van der Waals surface area contributed by atoms with Gasteiger partial charge in [0.1, 0.15) is 0 Å². The van der Waals surface area contributed by atoms with Gasteiger partial charge in [-0.1, -0.05) is 23.7 Å². The Bertz CT molecular complexity index is 715. The van der Waals surface area contributed by atoms with Gasteiger partial charge in [0.2, 0.25) is 12.7 Å². The van der Waals surface area contributed by atoms with Crippen LogP contribution in [0.3, 0.4) is 0 Å². The molecule has 0 aromatic heterocycles. The summed E-state index contributed by atoms with van der Waals surface area (Å²) in [7, 11) is 0. The van der Waals surface area contributed by atoms with Gasteiger partial charge >= 0.3 is 0 Å². The monoisotopic (exact) mass is 317 g/mol. The molecule has 2 aromatic carbocycles. The van der Waals surface area contributed by atoms with Crippen LogP contribution in [0.2, 0.25) is 5.02 Å². The topological polar surface area (TPSA) is 47.6 Å². The fourth-order valence-electron chi connectivity index (χ4n) is 2.25. The molecule has 1 heterocycles. The van der Waals surface area contributed by atoms with E-state index in [0.717, 1.165) is 16.1 Å². The zero-order chi connectivity index (χ0) is 15.5. The van der Waals surface area contributed by atoms with E-state index in [-0.39, 0.29) is 12.7 Å². The van der Waals surface area contributed by atoms with E-state index >= 15 is 0 Å². The Hall–Kier alpha value is -2.20. The molecule has 0 unspecified atom stereocenters. The van der Waals surface area contributed by atoms with Crippen LogP contribution in [0, 0.1) is 6.92 Å². The van der Waals surface area contributed by atoms with Crippen LogP contribution in [0.25, 0.3) is 0 Å². The molecule has 0 spiro atoms. The van der Waals surface area contributed by atoms with E-state index < -0.39 is 0 Å². The lowest BCUT2D eigenvalue weighted by molar-refractivity contribution is -0.116. The van der Waals surface area contributed by atoms with Crippen LogP contribution in [0.1, 0.15) is 17.5 Å². The highest BCUT2D eigenvalue weighted by atomic mass is 35.5. The average molecular weight is 318 g/mol. The Kier molecular flexibility index (Phi) is 4.20. The van der Waals surface area contributed by atoms with Crippen molar-refractivity contribution in [1.29, 1.82) is 0 Å². The Morgan fingerprint density at radius 3 is 2.82 bits per heavy atom. The molecule has 0 saturated heterocycles. The maximum atomic E-state index is 12.0. The summed E-state index contributed by atoms with van der Waals surface area (Å²) in [5.41, 5.74) is 2.79. The van der Waals surface area contributed by atoms with E-state index in [1.807, 2.05) is 25.1 Å². The first-order valence-electron chi connectivity index (χ1n) is 7.06. The summed E-state index contributed by atoms with van der Waals surface area (Å²) in [6.07, 6.45) is 1.05. The van der Waals surface area contributed by atoms with Gasteiger partial charge < -0.3 is 14.8 Å². The number of halogens is 1. The van der Waals surface area contributed by atoms with Gasteiger partial charge in [0.05, 0.1) is 0 Å². The number of amides is 1. The molecular weight excluding hydrogens is 302 g/mol. The van der Waals surface area contributed by atoms with E-state index in [0.29, 0.717) is 30.0 Å². The SMILES string of the molecule is Cc1ccc(CCC(=O)Nc2ccc3c(c2)OCO3)cc1Cl. The lowest BCUT2D eigenvalue weighted by Gasteiger charge is -2.07. The van der Waals surface area contributed by atoms with E-state index in [1.165, 1.54) is 0 Å². The van der Waals surface area contributed by atoms with Crippen LogP contribution in [0.15, 0.2) is 36.4 Å². The number of rotatable bonds is 4. The second kappa shape index (κ2) is 6.28. The third-order valence-corrected chi connectivity index (χ3v) is 3.94. The van der Waals surface area contributed by atoms with Crippen LogP contribution in [-0.4, -0.2) is 12.7 Å². The normalized spacial score (nSPS) is 12.3. The van der Waals surface area contributed by atoms with Gasteiger partial charge in [-0.2, -0.15) is 0 Å². The van der Waals surface area contributed by atoms with Gasteiger partial charge in [-0.3, -0.25) is 4.79 Å². The van der Waals surface area contributed by atoms with Gasteiger partial charge in [0, 0.05) is 23.2 Å². The fraction of sp³-hybridized carbons (Fsp3) is 0.235. The molecule has 0 bridgehead atoms. The Balaban J connectivity index is 1.57. The molecule has 3 rings (SSSR count). The zero-order valence-corrected chi connectivity index (χ0v) is 12.9. The molecule has 0 fully saturated rings. The van der Waals surface area contributed by atoms with Crippen LogP contribution < -0.4 is 14.8 Å². The first kappa shape index (κ1) is 14.7.